The molecular weight excluding hydrogens is 178 g/mol. The maximum absolute atomic E-state index is 4.12. The van der Waals surface area contributed by atoms with Gasteiger partial charge in [-0.15, -0.1) is 11.8 Å². The lowest BCUT2D eigenvalue weighted by Crippen LogP contribution is -1.80. The largest absolute Gasteiger partial charge is 0.234 e. The van der Waals surface area contributed by atoms with Gasteiger partial charge < -0.3 is 0 Å². The summed E-state index contributed by atoms with van der Waals surface area (Å²) in [5, 5.41) is 1.01. The molecule has 0 amide bonds. The standard InChI is InChI=1S/C6H5N3S2/c1-10-6-5-4(2-9-11-5)7-3-8-6/h2-3H,1H3. The molecule has 2 aromatic heterocycles. The summed E-state index contributed by atoms with van der Waals surface area (Å²) in [6.45, 7) is 0. The molecule has 0 bridgehead atoms. The summed E-state index contributed by atoms with van der Waals surface area (Å²) in [5.41, 5.74) is 0.939. The Hall–Kier alpha value is -0.680. The zero-order chi connectivity index (χ0) is 7.68. The van der Waals surface area contributed by atoms with Gasteiger partial charge in [-0.25, -0.2) is 9.97 Å². The average Bonchev–Trinajstić information content (AvgIpc) is 2.50. The molecule has 0 aliphatic carbocycles. The van der Waals surface area contributed by atoms with Crippen molar-refractivity contribution in [1.29, 1.82) is 0 Å². The molecule has 0 atom stereocenters. The second-order valence-corrected chi connectivity index (χ2v) is 3.52. The van der Waals surface area contributed by atoms with E-state index in [1.807, 2.05) is 6.26 Å². The molecule has 2 rings (SSSR count). The molecule has 0 radical (unpaired) electrons. The van der Waals surface area contributed by atoms with Crippen molar-refractivity contribution in [3.63, 3.8) is 0 Å². The highest BCUT2D eigenvalue weighted by atomic mass is 32.2. The summed E-state index contributed by atoms with van der Waals surface area (Å²) in [6, 6.07) is 0. The zero-order valence-corrected chi connectivity index (χ0v) is 7.45. The average molecular weight is 183 g/mol. The van der Waals surface area contributed by atoms with Crippen LogP contribution in [0.1, 0.15) is 0 Å². The van der Waals surface area contributed by atoms with Gasteiger partial charge in [0.2, 0.25) is 0 Å². The molecule has 0 unspecified atom stereocenters. The summed E-state index contributed by atoms with van der Waals surface area (Å²) in [4.78, 5) is 8.19. The Morgan fingerprint density at radius 1 is 1.45 bits per heavy atom. The molecule has 0 aliphatic rings. The Morgan fingerprint density at radius 2 is 2.36 bits per heavy atom. The molecule has 2 heterocycles. The van der Waals surface area contributed by atoms with Gasteiger partial charge in [-0.1, -0.05) is 0 Å². The molecule has 3 nitrogen and oxygen atoms in total. The maximum atomic E-state index is 4.12. The lowest BCUT2D eigenvalue weighted by Gasteiger charge is -1.92. The van der Waals surface area contributed by atoms with Crippen LogP contribution in [-0.2, 0) is 0 Å². The van der Waals surface area contributed by atoms with Crippen molar-refractivity contribution in [3.8, 4) is 0 Å². The van der Waals surface area contributed by atoms with Crippen molar-refractivity contribution in [1.82, 2.24) is 14.3 Å². The van der Waals surface area contributed by atoms with Crippen LogP contribution in [0.5, 0.6) is 0 Å². The molecule has 0 saturated carbocycles. The van der Waals surface area contributed by atoms with Crippen LogP contribution in [0.15, 0.2) is 17.6 Å². The number of thioether (sulfide) groups is 1. The highest BCUT2D eigenvalue weighted by Gasteiger charge is 2.02. The van der Waals surface area contributed by atoms with E-state index in [0.29, 0.717) is 0 Å². The lowest BCUT2D eigenvalue weighted by molar-refractivity contribution is 1.11. The number of rotatable bonds is 1. The van der Waals surface area contributed by atoms with Crippen molar-refractivity contribution in [2.75, 3.05) is 6.26 Å². The first-order chi connectivity index (χ1) is 5.42. The first-order valence-corrected chi connectivity index (χ1v) is 5.01. The molecule has 11 heavy (non-hydrogen) atoms. The summed E-state index contributed by atoms with van der Waals surface area (Å²) < 4.78 is 5.12. The van der Waals surface area contributed by atoms with Crippen molar-refractivity contribution in [3.05, 3.63) is 12.5 Å². The smallest absolute Gasteiger partial charge is 0.119 e. The van der Waals surface area contributed by atoms with Gasteiger partial charge >= 0.3 is 0 Å². The van der Waals surface area contributed by atoms with Gasteiger partial charge in [-0.3, -0.25) is 0 Å². The van der Waals surface area contributed by atoms with Crippen LogP contribution in [-0.4, -0.2) is 20.6 Å². The van der Waals surface area contributed by atoms with Gasteiger partial charge in [0, 0.05) is 0 Å². The minimum absolute atomic E-state index is 0.939. The monoisotopic (exact) mass is 183 g/mol. The number of aromatic nitrogens is 3. The van der Waals surface area contributed by atoms with Gasteiger partial charge in [0.05, 0.1) is 6.20 Å². The third-order valence-corrected chi connectivity index (χ3v) is 2.93. The number of fused-ring (bicyclic) bond motifs is 1. The Balaban J connectivity index is 2.79. The topological polar surface area (TPSA) is 38.7 Å². The van der Waals surface area contributed by atoms with Gasteiger partial charge in [0.1, 0.15) is 21.6 Å². The maximum Gasteiger partial charge on any atom is 0.119 e. The SMILES string of the molecule is CSc1ncnc2cnsc12. The van der Waals surface area contributed by atoms with E-state index in [-0.39, 0.29) is 0 Å². The second kappa shape index (κ2) is 2.75. The number of hydrogen-bond acceptors (Lipinski definition) is 5. The summed E-state index contributed by atoms with van der Waals surface area (Å²) in [5.74, 6) is 0. The predicted molar refractivity (Wildman–Crippen MR) is 47.0 cm³/mol. The van der Waals surface area contributed by atoms with E-state index in [1.54, 1.807) is 24.3 Å². The molecule has 0 aromatic carbocycles. The Labute approximate surface area is 72.0 Å². The predicted octanol–water partition coefficient (Wildman–Crippen LogP) is 1.81. The van der Waals surface area contributed by atoms with Crippen LogP contribution in [0.25, 0.3) is 10.2 Å². The van der Waals surface area contributed by atoms with Crippen LogP contribution in [0.2, 0.25) is 0 Å². The minimum atomic E-state index is 0.939. The van der Waals surface area contributed by atoms with Crippen LogP contribution in [0.4, 0.5) is 0 Å². The Kier molecular flexibility index (Phi) is 1.75. The second-order valence-electron chi connectivity index (χ2n) is 1.92. The summed E-state index contributed by atoms with van der Waals surface area (Å²) in [7, 11) is 0. The van der Waals surface area contributed by atoms with Gasteiger partial charge in [0.25, 0.3) is 0 Å². The van der Waals surface area contributed by atoms with E-state index >= 15 is 0 Å². The first kappa shape index (κ1) is 7.00. The van der Waals surface area contributed by atoms with Crippen LogP contribution >= 0.6 is 23.3 Å². The van der Waals surface area contributed by atoms with E-state index < -0.39 is 0 Å². The third-order valence-electron chi connectivity index (χ3n) is 1.31. The van der Waals surface area contributed by atoms with E-state index in [9.17, 15) is 0 Å². The quantitative estimate of drug-likeness (QED) is 0.499. The van der Waals surface area contributed by atoms with Crippen molar-refractivity contribution >= 4 is 33.5 Å². The number of nitrogens with zero attached hydrogens (tertiary/aromatic N) is 3. The highest BCUT2D eigenvalue weighted by Crippen LogP contribution is 2.24. The zero-order valence-electron chi connectivity index (χ0n) is 5.81. The minimum Gasteiger partial charge on any atom is -0.234 e. The van der Waals surface area contributed by atoms with Crippen LogP contribution in [0, 0.1) is 0 Å². The molecular formula is C6H5N3S2. The van der Waals surface area contributed by atoms with Gasteiger partial charge in [0.15, 0.2) is 0 Å². The first-order valence-electron chi connectivity index (χ1n) is 3.01. The van der Waals surface area contributed by atoms with E-state index in [2.05, 4.69) is 14.3 Å². The van der Waals surface area contributed by atoms with E-state index in [0.717, 1.165) is 15.2 Å². The molecule has 0 N–H and O–H groups in total. The number of hydrogen-bond donors (Lipinski definition) is 0. The van der Waals surface area contributed by atoms with Crippen LogP contribution in [0.3, 0.4) is 0 Å². The fourth-order valence-electron chi connectivity index (χ4n) is 0.822. The molecule has 0 aliphatic heterocycles. The summed E-state index contributed by atoms with van der Waals surface area (Å²) in [6.07, 6.45) is 5.34. The molecule has 5 heteroatoms. The fraction of sp³-hybridized carbons (Fsp3) is 0.167. The lowest BCUT2D eigenvalue weighted by atomic mass is 10.5. The van der Waals surface area contributed by atoms with Gasteiger partial charge in [-0.05, 0) is 17.8 Å². The Bertz CT molecular complexity index is 371. The summed E-state index contributed by atoms with van der Waals surface area (Å²) >= 11 is 3.06. The third kappa shape index (κ3) is 1.10. The molecule has 0 spiro atoms. The molecule has 0 fully saturated rings. The molecule has 0 saturated heterocycles. The van der Waals surface area contributed by atoms with E-state index in [4.69, 9.17) is 0 Å². The Morgan fingerprint density at radius 3 is 3.18 bits per heavy atom. The molecule has 56 valence electrons. The fourth-order valence-corrected chi connectivity index (χ4v) is 2.21. The van der Waals surface area contributed by atoms with Crippen molar-refractivity contribution < 1.29 is 0 Å². The van der Waals surface area contributed by atoms with Crippen molar-refractivity contribution in [2.45, 2.75) is 5.03 Å². The normalized spacial score (nSPS) is 10.6. The highest BCUT2D eigenvalue weighted by molar-refractivity contribution is 7.98. The van der Waals surface area contributed by atoms with E-state index in [1.165, 1.54) is 11.5 Å². The van der Waals surface area contributed by atoms with Gasteiger partial charge in [-0.2, -0.15) is 4.37 Å². The molecule has 2 aromatic rings. The van der Waals surface area contributed by atoms with Crippen molar-refractivity contribution in [2.24, 2.45) is 0 Å². The van der Waals surface area contributed by atoms with Crippen LogP contribution < -0.4 is 0 Å².